The van der Waals surface area contributed by atoms with E-state index < -0.39 is 0 Å². The van der Waals surface area contributed by atoms with Gasteiger partial charge in [0.2, 0.25) is 0 Å². The highest BCUT2D eigenvalue weighted by atomic mass is 16.5. The summed E-state index contributed by atoms with van der Waals surface area (Å²) >= 11 is 0. The van der Waals surface area contributed by atoms with Gasteiger partial charge in [-0.3, -0.25) is 4.99 Å². The summed E-state index contributed by atoms with van der Waals surface area (Å²) in [6.45, 7) is 12.3. The average molecular weight is 351 g/mol. The Kier molecular flexibility index (Phi) is 7.46. The van der Waals surface area contributed by atoms with E-state index in [1.807, 2.05) is 68.4 Å². The molecular formula is C23H29NO2. The molecule has 138 valence electrons. The molecule has 0 aromatic heterocycles. The fourth-order valence-electron chi connectivity index (χ4n) is 2.50. The van der Waals surface area contributed by atoms with Crippen molar-refractivity contribution < 1.29 is 9.47 Å². The van der Waals surface area contributed by atoms with Crippen molar-refractivity contribution in [3.05, 3.63) is 84.6 Å². The molecule has 0 spiro atoms. The van der Waals surface area contributed by atoms with Gasteiger partial charge in [0.15, 0.2) is 5.90 Å². The van der Waals surface area contributed by atoms with E-state index in [-0.39, 0.29) is 5.41 Å². The normalized spacial score (nSPS) is 14.3. The van der Waals surface area contributed by atoms with Crippen LogP contribution in [0.4, 0.5) is 0 Å². The molecule has 2 aromatic carbocycles. The second-order valence-electron chi connectivity index (χ2n) is 6.86. The van der Waals surface area contributed by atoms with Crippen LogP contribution in [0.25, 0.3) is 0 Å². The van der Waals surface area contributed by atoms with E-state index in [4.69, 9.17) is 9.47 Å². The Labute approximate surface area is 157 Å². The summed E-state index contributed by atoms with van der Waals surface area (Å²) in [7, 11) is 0. The molecule has 0 amide bonds. The molecule has 26 heavy (non-hydrogen) atoms. The van der Waals surface area contributed by atoms with Gasteiger partial charge < -0.3 is 9.47 Å². The first-order valence-electron chi connectivity index (χ1n) is 9.06. The third kappa shape index (κ3) is 5.76. The van der Waals surface area contributed by atoms with Gasteiger partial charge in [-0.1, -0.05) is 80.2 Å². The summed E-state index contributed by atoms with van der Waals surface area (Å²) in [5.74, 6) is 1.77. The zero-order chi connectivity index (χ0) is 18.8. The molecule has 0 saturated heterocycles. The SMILES string of the molecule is C=C(OCC(C)c1ccccc1)C(C)(C)C1=NCCO1.c1ccccc1. The number of rotatable bonds is 6. The van der Waals surface area contributed by atoms with Gasteiger partial charge in [0.05, 0.1) is 18.6 Å². The minimum absolute atomic E-state index is 0.329. The molecule has 1 atom stereocenters. The van der Waals surface area contributed by atoms with Crippen molar-refractivity contribution in [2.45, 2.75) is 26.7 Å². The minimum atomic E-state index is -0.368. The highest BCUT2D eigenvalue weighted by Crippen LogP contribution is 2.31. The molecule has 1 aliphatic heterocycles. The highest BCUT2D eigenvalue weighted by molar-refractivity contribution is 5.85. The standard InChI is InChI=1S/C17H23NO2.C6H6/c1-13(15-8-6-5-7-9-15)12-20-14(2)17(3,4)16-18-10-11-19-16;1-2-4-6-5-3-1/h5-9,13H,2,10-12H2,1,3-4H3;1-6H. The summed E-state index contributed by atoms with van der Waals surface area (Å²) in [5, 5.41) is 0. The second-order valence-corrected chi connectivity index (χ2v) is 6.86. The Morgan fingerprint density at radius 1 is 1.08 bits per heavy atom. The van der Waals surface area contributed by atoms with Crippen molar-refractivity contribution in [2.24, 2.45) is 10.4 Å². The fourth-order valence-corrected chi connectivity index (χ4v) is 2.50. The van der Waals surface area contributed by atoms with Crippen molar-refractivity contribution >= 4 is 5.90 Å². The van der Waals surface area contributed by atoms with E-state index in [1.54, 1.807) is 0 Å². The quantitative estimate of drug-likeness (QED) is 0.647. The van der Waals surface area contributed by atoms with Gasteiger partial charge in [-0.2, -0.15) is 0 Å². The van der Waals surface area contributed by atoms with Gasteiger partial charge in [0.25, 0.3) is 0 Å². The number of aliphatic imine (C=N–C) groups is 1. The zero-order valence-corrected chi connectivity index (χ0v) is 16.0. The maximum absolute atomic E-state index is 5.88. The Balaban J connectivity index is 0.000000342. The Morgan fingerprint density at radius 2 is 1.62 bits per heavy atom. The fraction of sp³-hybridized carbons (Fsp3) is 0.348. The van der Waals surface area contributed by atoms with E-state index in [9.17, 15) is 0 Å². The second kappa shape index (κ2) is 9.81. The Bertz CT molecular complexity index is 666. The van der Waals surface area contributed by atoms with E-state index in [0.717, 1.165) is 12.4 Å². The van der Waals surface area contributed by atoms with Crippen LogP contribution >= 0.6 is 0 Å². The molecule has 3 heteroatoms. The molecule has 0 radical (unpaired) electrons. The van der Waals surface area contributed by atoms with Crippen molar-refractivity contribution in [2.75, 3.05) is 19.8 Å². The van der Waals surface area contributed by atoms with Gasteiger partial charge in [0, 0.05) is 5.92 Å². The summed E-state index contributed by atoms with van der Waals surface area (Å²) in [5.41, 5.74) is 0.903. The lowest BCUT2D eigenvalue weighted by Crippen LogP contribution is -2.28. The number of benzene rings is 2. The van der Waals surface area contributed by atoms with Crippen LogP contribution < -0.4 is 0 Å². The number of ether oxygens (including phenoxy) is 2. The summed E-state index contributed by atoms with van der Waals surface area (Å²) in [6.07, 6.45) is 0. The summed E-state index contributed by atoms with van der Waals surface area (Å²) in [6, 6.07) is 22.4. The molecule has 1 heterocycles. The van der Waals surface area contributed by atoms with Crippen LogP contribution in [0.3, 0.4) is 0 Å². The lowest BCUT2D eigenvalue weighted by atomic mass is 9.91. The topological polar surface area (TPSA) is 30.8 Å². The third-order valence-corrected chi connectivity index (χ3v) is 4.36. The van der Waals surface area contributed by atoms with Crippen molar-refractivity contribution in [1.82, 2.24) is 0 Å². The predicted octanol–water partition coefficient (Wildman–Crippen LogP) is 5.46. The van der Waals surface area contributed by atoms with Crippen molar-refractivity contribution in [1.29, 1.82) is 0 Å². The lowest BCUT2D eigenvalue weighted by Gasteiger charge is -2.27. The van der Waals surface area contributed by atoms with E-state index in [0.29, 0.717) is 24.9 Å². The van der Waals surface area contributed by atoms with Gasteiger partial charge in [-0.25, -0.2) is 0 Å². The Morgan fingerprint density at radius 3 is 2.12 bits per heavy atom. The number of hydrogen-bond acceptors (Lipinski definition) is 3. The van der Waals surface area contributed by atoms with Crippen LogP contribution in [0.5, 0.6) is 0 Å². The molecule has 0 N–H and O–H groups in total. The third-order valence-electron chi connectivity index (χ3n) is 4.36. The largest absolute Gasteiger partial charge is 0.497 e. The Hall–Kier alpha value is -2.55. The maximum atomic E-state index is 5.88. The summed E-state index contributed by atoms with van der Waals surface area (Å²) < 4.78 is 11.4. The van der Waals surface area contributed by atoms with Gasteiger partial charge in [0.1, 0.15) is 12.4 Å². The number of nitrogens with zero attached hydrogens (tertiary/aromatic N) is 1. The molecule has 1 aliphatic rings. The molecule has 0 fully saturated rings. The molecule has 0 aliphatic carbocycles. The smallest absolute Gasteiger partial charge is 0.197 e. The van der Waals surface area contributed by atoms with Crippen molar-refractivity contribution in [3.63, 3.8) is 0 Å². The molecule has 0 bridgehead atoms. The van der Waals surface area contributed by atoms with Crippen LogP contribution in [0, 0.1) is 5.41 Å². The van der Waals surface area contributed by atoms with E-state index >= 15 is 0 Å². The van der Waals surface area contributed by atoms with Gasteiger partial charge >= 0.3 is 0 Å². The molecule has 0 saturated carbocycles. The van der Waals surface area contributed by atoms with Crippen LogP contribution in [-0.4, -0.2) is 25.7 Å². The van der Waals surface area contributed by atoms with E-state index in [2.05, 4.69) is 30.6 Å². The first kappa shape index (κ1) is 19.8. The van der Waals surface area contributed by atoms with Crippen LogP contribution in [-0.2, 0) is 9.47 Å². The first-order valence-corrected chi connectivity index (χ1v) is 9.06. The zero-order valence-electron chi connectivity index (χ0n) is 16.0. The van der Waals surface area contributed by atoms with Crippen LogP contribution in [0.2, 0.25) is 0 Å². The first-order chi connectivity index (χ1) is 12.5. The highest BCUT2D eigenvalue weighted by Gasteiger charge is 2.34. The van der Waals surface area contributed by atoms with E-state index in [1.165, 1.54) is 5.56 Å². The molecule has 2 aromatic rings. The number of hydrogen-bond donors (Lipinski definition) is 0. The minimum Gasteiger partial charge on any atom is -0.497 e. The predicted molar refractivity (Wildman–Crippen MR) is 108 cm³/mol. The molecule has 3 nitrogen and oxygen atoms in total. The molecule has 1 unspecified atom stereocenters. The van der Waals surface area contributed by atoms with Crippen LogP contribution in [0.15, 0.2) is 84.1 Å². The van der Waals surface area contributed by atoms with Crippen LogP contribution in [0.1, 0.15) is 32.3 Å². The molecular weight excluding hydrogens is 322 g/mol. The lowest BCUT2D eigenvalue weighted by molar-refractivity contribution is 0.149. The summed E-state index contributed by atoms with van der Waals surface area (Å²) in [4.78, 5) is 4.37. The maximum Gasteiger partial charge on any atom is 0.197 e. The van der Waals surface area contributed by atoms with Gasteiger partial charge in [-0.15, -0.1) is 0 Å². The average Bonchev–Trinajstić information content (AvgIpc) is 3.24. The van der Waals surface area contributed by atoms with Gasteiger partial charge in [-0.05, 0) is 19.4 Å². The monoisotopic (exact) mass is 351 g/mol. The van der Waals surface area contributed by atoms with Crippen molar-refractivity contribution in [3.8, 4) is 0 Å². The molecule has 3 rings (SSSR count).